The van der Waals surface area contributed by atoms with Gasteiger partial charge in [0.1, 0.15) is 10.6 Å². The van der Waals surface area contributed by atoms with Crippen LogP contribution in [-0.2, 0) is 16.1 Å². The van der Waals surface area contributed by atoms with Gasteiger partial charge in [0, 0.05) is 30.1 Å². The highest BCUT2D eigenvalue weighted by molar-refractivity contribution is 7.15. The van der Waals surface area contributed by atoms with Crippen LogP contribution in [0, 0.1) is 13.8 Å². The lowest BCUT2D eigenvalue weighted by Gasteiger charge is -2.10. The van der Waals surface area contributed by atoms with Crippen LogP contribution < -0.4 is 5.32 Å². The van der Waals surface area contributed by atoms with Crippen LogP contribution in [0.5, 0.6) is 0 Å². The summed E-state index contributed by atoms with van der Waals surface area (Å²) in [5.41, 5.74) is 4.82. The Kier molecular flexibility index (Phi) is 6.84. The Morgan fingerprint density at radius 3 is 2.70 bits per heavy atom. The van der Waals surface area contributed by atoms with E-state index >= 15 is 0 Å². The Balaban J connectivity index is 1.84. The standard InChI is InChI=1S/C23H24N2O4S/c1-4-29-23(28)21-19(17-8-7-15(2)16(3)12-17)14-30-22(21)24-20(27)9-11-25-10-5-6-18(25)13-26/h5-8,10,12-14H,4,9,11H2,1-3H3,(H,24,27). The molecule has 0 spiro atoms. The summed E-state index contributed by atoms with van der Waals surface area (Å²) >= 11 is 1.30. The minimum absolute atomic E-state index is 0.175. The van der Waals surface area contributed by atoms with E-state index in [-0.39, 0.29) is 18.9 Å². The van der Waals surface area contributed by atoms with E-state index in [1.54, 1.807) is 29.8 Å². The number of esters is 1. The summed E-state index contributed by atoms with van der Waals surface area (Å²) in [7, 11) is 0. The molecule has 1 N–H and O–H groups in total. The molecule has 0 aliphatic carbocycles. The molecule has 7 heteroatoms. The molecule has 30 heavy (non-hydrogen) atoms. The molecular weight excluding hydrogens is 400 g/mol. The Labute approximate surface area is 179 Å². The van der Waals surface area contributed by atoms with Gasteiger partial charge >= 0.3 is 5.97 Å². The summed E-state index contributed by atoms with van der Waals surface area (Å²) in [4.78, 5) is 36.2. The molecule has 1 aromatic carbocycles. The molecule has 0 radical (unpaired) electrons. The van der Waals surface area contributed by atoms with Crippen LogP contribution >= 0.6 is 11.3 Å². The molecule has 0 bridgehead atoms. The number of nitrogens with zero attached hydrogens (tertiary/aromatic N) is 1. The van der Waals surface area contributed by atoms with Crippen LogP contribution in [-0.4, -0.2) is 29.3 Å². The molecule has 0 aliphatic rings. The quantitative estimate of drug-likeness (QED) is 0.414. The van der Waals surface area contributed by atoms with Crippen LogP contribution in [0.4, 0.5) is 5.00 Å². The first-order chi connectivity index (χ1) is 14.4. The molecule has 3 aromatic rings. The van der Waals surface area contributed by atoms with Crippen LogP contribution in [0.1, 0.15) is 45.3 Å². The lowest BCUT2D eigenvalue weighted by atomic mass is 9.99. The molecule has 3 rings (SSSR count). The smallest absolute Gasteiger partial charge is 0.341 e. The van der Waals surface area contributed by atoms with E-state index in [4.69, 9.17) is 4.74 Å². The average Bonchev–Trinajstić information content (AvgIpc) is 3.35. The number of carbonyl (C=O) groups excluding carboxylic acids is 3. The lowest BCUT2D eigenvalue weighted by molar-refractivity contribution is -0.116. The van der Waals surface area contributed by atoms with Crippen LogP contribution in [0.15, 0.2) is 41.9 Å². The van der Waals surface area contributed by atoms with Crippen molar-refractivity contribution < 1.29 is 19.1 Å². The average molecular weight is 425 g/mol. The van der Waals surface area contributed by atoms with Crippen molar-refractivity contribution in [3.63, 3.8) is 0 Å². The largest absolute Gasteiger partial charge is 0.462 e. The monoisotopic (exact) mass is 424 g/mol. The Morgan fingerprint density at radius 1 is 1.20 bits per heavy atom. The summed E-state index contributed by atoms with van der Waals surface area (Å²) < 4.78 is 6.96. The van der Waals surface area contributed by atoms with E-state index in [9.17, 15) is 14.4 Å². The number of thiophene rings is 1. The number of carbonyl (C=O) groups is 3. The molecule has 1 amide bonds. The predicted octanol–water partition coefficient (Wildman–Crippen LogP) is 4.85. The highest BCUT2D eigenvalue weighted by atomic mass is 32.1. The number of aryl methyl sites for hydroxylation is 3. The maximum atomic E-state index is 12.7. The number of amides is 1. The third-order valence-corrected chi connectivity index (χ3v) is 5.80. The Hall–Kier alpha value is -3.19. The van der Waals surface area contributed by atoms with Crippen molar-refractivity contribution in [2.45, 2.75) is 33.7 Å². The molecule has 0 fully saturated rings. The maximum absolute atomic E-state index is 12.7. The fraction of sp³-hybridized carbons (Fsp3) is 0.261. The molecule has 0 atom stereocenters. The normalized spacial score (nSPS) is 10.6. The highest BCUT2D eigenvalue weighted by Crippen LogP contribution is 2.37. The molecule has 2 heterocycles. The number of hydrogen-bond acceptors (Lipinski definition) is 5. The van der Waals surface area contributed by atoms with Crippen molar-refractivity contribution >= 4 is 34.5 Å². The number of anilines is 1. The predicted molar refractivity (Wildman–Crippen MR) is 118 cm³/mol. The maximum Gasteiger partial charge on any atom is 0.341 e. The second-order valence-corrected chi connectivity index (χ2v) is 7.80. The van der Waals surface area contributed by atoms with Gasteiger partial charge < -0.3 is 14.6 Å². The minimum atomic E-state index is -0.462. The second kappa shape index (κ2) is 9.54. The zero-order valence-electron chi connectivity index (χ0n) is 17.2. The number of aldehydes is 1. The zero-order chi connectivity index (χ0) is 21.7. The van der Waals surface area contributed by atoms with Gasteiger partial charge in [0.15, 0.2) is 6.29 Å². The minimum Gasteiger partial charge on any atom is -0.462 e. The van der Waals surface area contributed by atoms with E-state index in [0.717, 1.165) is 23.0 Å². The number of ether oxygens (including phenoxy) is 1. The summed E-state index contributed by atoms with van der Waals surface area (Å²) in [6.07, 6.45) is 2.69. The van der Waals surface area contributed by atoms with Gasteiger partial charge in [-0.2, -0.15) is 0 Å². The van der Waals surface area contributed by atoms with Crippen LogP contribution in [0.2, 0.25) is 0 Å². The van der Waals surface area contributed by atoms with Gasteiger partial charge in [-0.3, -0.25) is 9.59 Å². The molecule has 0 aliphatic heterocycles. The van der Waals surface area contributed by atoms with Crippen molar-refractivity contribution in [3.8, 4) is 11.1 Å². The highest BCUT2D eigenvalue weighted by Gasteiger charge is 2.23. The first-order valence-electron chi connectivity index (χ1n) is 9.71. The summed E-state index contributed by atoms with van der Waals surface area (Å²) in [6.45, 7) is 6.42. The fourth-order valence-corrected chi connectivity index (χ4v) is 4.10. The molecular formula is C23H24N2O4S. The van der Waals surface area contributed by atoms with Crippen molar-refractivity contribution in [3.05, 3.63) is 64.3 Å². The molecule has 0 unspecified atom stereocenters. The molecule has 156 valence electrons. The number of aromatic nitrogens is 1. The van der Waals surface area contributed by atoms with Gasteiger partial charge in [0.25, 0.3) is 0 Å². The second-order valence-electron chi connectivity index (χ2n) is 6.92. The van der Waals surface area contributed by atoms with Gasteiger partial charge in [0.2, 0.25) is 5.91 Å². The molecule has 6 nitrogen and oxygen atoms in total. The van der Waals surface area contributed by atoms with Crippen molar-refractivity contribution in [1.82, 2.24) is 4.57 Å². The molecule has 0 saturated carbocycles. The van der Waals surface area contributed by atoms with Crippen LogP contribution in [0.3, 0.4) is 0 Å². The van der Waals surface area contributed by atoms with Gasteiger partial charge in [-0.1, -0.05) is 18.2 Å². The topological polar surface area (TPSA) is 77.4 Å². The van der Waals surface area contributed by atoms with E-state index in [2.05, 4.69) is 5.32 Å². The van der Waals surface area contributed by atoms with Gasteiger partial charge in [-0.25, -0.2) is 4.79 Å². The van der Waals surface area contributed by atoms with Crippen molar-refractivity contribution in [1.29, 1.82) is 0 Å². The van der Waals surface area contributed by atoms with Crippen LogP contribution in [0.25, 0.3) is 11.1 Å². The van der Waals surface area contributed by atoms with E-state index in [1.165, 1.54) is 16.9 Å². The third kappa shape index (κ3) is 4.68. The fourth-order valence-electron chi connectivity index (χ4n) is 3.13. The van der Waals surface area contributed by atoms with Gasteiger partial charge in [-0.05, 0) is 49.6 Å². The van der Waals surface area contributed by atoms with E-state index in [0.29, 0.717) is 22.8 Å². The van der Waals surface area contributed by atoms with E-state index in [1.807, 2.05) is 37.4 Å². The summed E-state index contributed by atoms with van der Waals surface area (Å²) in [5.74, 6) is -0.699. The number of hydrogen-bond donors (Lipinski definition) is 1. The van der Waals surface area contributed by atoms with Crippen molar-refractivity contribution in [2.75, 3.05) is 11.9 Å². The summed E-state index contributed by atoms with van der Waals surface area (Å²) in [5, 5.41) is 5.17. The molecule has 2 aromatic heterocycles. The lowest BCUT2D eigenvalue weighted by Crippen LogP contribution is -2.16. The zero-order valence-corrected chi connectivity index (χ0v) is 18.0. The number of nitrogens with one attached hydrogen (secondary N) is 1. The first-order valence-corrected chi connectivity index (χ1v) is 10.6. The first kappa shape index (κ1) is 21.5. The van der Waals surface area contributed by atoms with Crippen molar-refractivity contribution in [2.24, 2.45) is 0 Å². The Bertz CT molecular complexity index is 1080. The number of rotatable bonds is 8. The van der Waals surface area contributed by atoms with E-state index < -0.39 is 5.97 Å². The van der Waals surface area contributed by atoms with Gasteiger partial charge in [-0.15, -0.1) is 11.3 Å². The molecule has 0 saturated heterocycles. The number of benzene rings is 1. The third-order valence-electron chi connectivity index (χ3n) is 4.91. The SMILES string of the molecule is CCOC(=O)c1c(-c2ccc(C)c(C)c2)csc1NC(=O)CCn1cccc1C=O. The summed E-state index contributed by atoms with van der Waals surface area (Å²) in [6, 6.07) is 9.45. The van der Waals surface area contributed by atoms with Gasteiger partial charge in [0.05, 0.1) is 12.3 Å². The Morgan fingerprint density at radius 2 is 2.00 bits per heavy atom.